The minimum Gasteiger partial charge on any atom is -0.350 e. The predicted molar refractivity (Wildman–Crippen MR) is 101 cm³/mol. The van der Waals surface area contributed by atoms with Crippen molar-refractivity contribution in [2.75, 3.05) is 13.1 Å². The van der Waals surface area contributed by atoms with Crippen LogP contribution in [0.3, 0.4) is 0 Å². The number of likely N-dealkylation sites (tertiary alicyclic amines) is 1. The number of amides is 1. The van der Waals surface area contributed by atoms with E-state index < -0.39 is 0 Å². The summed E-state index contributed by atoms with van der Waals surface area (Å²) in [5.41, 5.74) is 1.76. The van der Waals surface area contributed by atoms with Gasteiger partial charge in [0, 0.05) is 23.6 Å². The van der Waals surface area contributed by atoms with Gasteiger partial charge in [0.1, 0.15) is 5.82 Å². The Kier molecular flexibility index (Phi) is 6.21. The molecule has 1 amide bonds. The molecule has 0 spiro atoms. The molecule has 3 rings (SSSR count). The predicted octanol–water partition coefficient (Wildman–Crippen LogP) is 4.37. The molecule has 1 heterocycles. The third kappa shape index (κ3) is 4.89. The van der Waals surface area contributed by atoms with Crippen LogP contribution in [0.25, 0.3) is 0 Å². The van der Waals surface area contributed by atoms with Gasteiger partial charge in [-0.3, -0.25) is 9.69 Å². The van der Waals surface area contributed by atoms with Gasteiger partial charge in [0.2, 0.25) is 0 Å². The summed E-state index contributed by atoms with van der Waals surface area (Å²) in [6, 6.07) is 14.9. The van der Waals surface area contributed by atoms with E-state index in [1.54, 1.807) is 0 Å². The molecule has 0 aliphatic carbocycles. The zero-order valence-electron chi connectivity index (χ0n) is 14.1. The van der Waals surface area contributed by atoms with E-state index >= 15 is 0 Å². The van der Waals surface area contributed by atoms with Gasteiger partial charge in [-0.05, 0) is 59.1 Å². The number of piperidine rings is 1. The molecule has 1 atom stereocenters. The average molecular weight is 405 g/mol. The molecule has 5 heteroatoms. The number of nitrogens with zero attached hydrogens (tertiary/aromatic N) is 1. The van der Waals surface area contributed by atoms with Crippen LogP contribution >= 0.6 is 15.9 Å². The van der Waals surface area contributed by atoms with Crippen LogP contribution in [0, 0.1) is 5.82 Å². The fraction of sp³-hybridized carbons (Fsp3) is 0.350. The lowest BCUT2D eigenvalue weighted by Crippen LogP contribution is -2.46. The Hall–Kier alpha value is -1.72. The number of halogens is 2. The lowest BCUT2D eigenvalue weighted by atomic mass is 10.0. The lowest BCUT2D eigenvalue weighted by molar-refractivity contribution is 0.0907. The van der Waals surface area contributed by atoms with E-state index in [2.05, 4.69) is 50.4 Å². The molecule has 2 aromatic carbocycles. The number of hydrogen-bond donors (Lipinski definition) is 1. The first-order valence-corrected chi connectivity index (χ1v) is 9.44. The van der Waals surface area contributed by atoms with Gasteiger partial charge >= 0.3 is 0 Å². The molecule has 0 bridgehead atoms. The monoisotopic (exact) mass is 404 g/mol. The molecule has 132 valence electrons. The summed E-state index contributed by atoms with van der Waals surface area (Å²) in [6.45, 7) is 2.56. The van der Waals surface area contributed by atoms with Gasteiger partial charge in [-0.25, -0.2) is 4.39 Å². The number of hydrogen-bond acceptors (Lipinski definition) is 2. The van der Waals surface area contributed by atoms with E-state index in [0.29, 0.717) is 22.6 Å². The van der Waals surface area contributed by atoms with Crippen LogP contribution in [0.1, 0.15) is 35.2 Å². The molecule has 1 unspecified atom stereocenters. The maximum absolute atomic E-state index is 13.2. The molecule has 1 aliphatic rings. The summed E-state index contributed by atoms with van der Waals surface area (Å²) in [4.78, 5) is 14.8. The summed E-state index contributed by atoms with van der Waals surface area (Å²) in [6.07, 6.45) is 3.46. The van der Waals surface area contributed by atoms with Crippen molar-refractivity contribution in [2.45, 2.75) is 31.8 Å². The van der Waals surface area contributed by atoms with Crippen LogP contribution in [0.15, 0.2) is 53.0 Å². The quantitative estimate of drug-likeness (QED) is 0.801. The average Bonchev–Trinajstić information content (AvgIpc) is 2.61. The normalized spacial score (nSPS) is 18.1. The van der Waals surface area contributed by atoms with Crippen LogP contribution in [-0.4, -0.2) is 29.9 Å². The maximum atomic E-state index is 13.2. The number of carbonyl (C=O) groups is 1. The molecule has 0 saturated carbocycles. The van der Waals surface area contributed by atoms with Gasteiger partial charge < -0.3 is 5.32 Å². The van der Waals surface area contributed by atoms with Gasteiger partial charge in [-0.2, -0.15) is 0 Å². The molecule has 3 nitrogen and oxygen atoms in total. The highest BCUT2D eigenvalue weighted by atomic mass is 79.9. The Morgan fingerprint density at radius 3 is 2.76 bits per heavy atom. The second-order valence-electron chi connectivity index (χ2n) is 6.44. The highest BCUT2D eigenvalue weighted by Gasteiger charge is 2.23. The van der Waals surface area contributed by atoms with Gasteiger partial charge in [0.15, 0.2) is 0 Å². The first kappa shape index (κ1) is 18.1. The molecule has 1 saturated heterocycles. The second-order valence-corrected chi connectivity index (χ2v) is 7.29. The van der Waals surface area contributed by atoms with Crippen molar-refractivity contribution in [3.8, 4) is 0 Å². The minimum absolute atomic E-state index is 0.169. The van der Waals surface area contributed by atoms with E-state index in [1.165, 1.54) is 36.6 Å². The Labute approximate surface area is 156 Å². The Morgan fingerprint density at radius 2 is 2.00 bits per heavy atom. The van der Waals surface area contributed by atoms with E-state index in [9.17, 15) is 9.18 Å². The minimum atomic E-state index is -0.357. The van der Waals surface area contributed by atoms with Gasteiger partial charge in [0.05, 0.1) is 5.56 Å². The number of rotatable bonds is 5. The Morgan fingerprint density at radius 1 is 1.20 bits per heavy atom. The fourth-order valence-electron chi connectivity index (χ4n) is 3.30. The molecule has 1 N–H and O–H groups in total. The highest BCUT2D eigenvalue weighted by Crippen LogP contribution is 2.21. The van der Waals surface area contributed by atoms with Crippen molar-refractivity contribution in [3.63, 3.8) is 0 Å². The first-order valence-electron chi connectivity index (χ1n) is 8.65. The van der Waals surface area contributed by atoms with Crippen molar-refractivity contribution in [1.82, 2.24) is 10.2 Å². The van der Waals surface area contributed by atoms with E-state index in [1.807, 2.05) is 6.07 Å². The number of carbonyl (C=O) groups excluding carboxylic acids is 1. The smallest absolute Gasteiger partial charge is 0.252 e. The van der Waals surface area contributed by atoms with Crippen molar-refractivity contribution in [3.05, 3.63) is 69.9 Å². The summed E-state index contributed by atoms with van der Waals surface area (Å²) in [7, 11) is 0. The standard InChI is InChI=1S/C20H22BrFN2O/c21-19-12-16(22)9-10-18(19)20(25)23-13-17-8-4-5-11-24(17)14-15-6-2-1-3-7-15/h1-3,6-7,9-10,12,17H,4-5,8,11,13-14H2,(H,23,25). The molecule has 0 radical (unpaired) electrons. The van der Waals surface area contributed by atoms with Crippen LogP contribution in [0.2, 0.25) is 0 Å². The number of nitrogens with one attached hydrogen (secondary N) is 1. The second kappa shape index (κ2) is 8.59. The topological polar surface area (TPSA) is 32.3 Å². The summed E-state index contributed by atoms with van der Waals surface area (Å²) >= 11 is 3.26. The Balaban J connectivity index is 1.60. The third-order valence-electron chi connectivity index (χ3n) is 4.65. The SMILES string of the molecule is O=C(NCC1CCCCN1Cc1ccccc1)c1ccc(F)cc1Br. The zero-order valence-corrected chi connectivity index (χ0v) is 15.6. The maximum Gasteiger partial charge on any atom is 0.252 e. The van der Waals surface area contributed by atoms with Gasteiger partial charge in [-0.1, -0.05) is 36.8 Å². The van der Waals surface area contributed by atoms with E-state index in [-0.39, 0.29) is 11.7 Å². The van der Waals surface area contributed by atoms with Gasteiger partial charge in [0.25, 0.3) is 5.91 Å². The fourth-order valence-corrected chi connectivity index (χ4v) is 3.83. The summed E-state index contributed by atoms with van der Waals surface area (Å²) in [5, 5.41) is 3.01. The molecule has 1 fully saturated rings. The van der Waals surface area contributed by atoms with Crippen LogP contribution in [-0.2, 0) is 6.54 Å². The van der Waals surface area contributed by atoms with Crippen molar-refractivity contribution in [1.29, 1.82) is 0 Å². The largest absolute Gasteiger partial charge is 0.350 e. The molecule has 2 aromatic rings. The zero-order chi connectivity index (χ0) is 17.6. The number of benzene rings is 2. The molecular weight excluding hydrogens is 383 g/mol. The van der Waals surface area contributed by atoms with Gasteiger partial charge in [-0.15, -0.1) is 0 Å². The van der Waals surface area contributed by atoms with Crippen LogP contribution in [0.5, 0.6) is 0 Å². The van der Waals surface area contributed by atoms with Crippen molar-refractivity contribution < 1.29 is 9.18 Å². The summed E-state index contributed by atoms with van der Waals surface area (Å²) in [5.74, 6) is -0.526. The van der Waals surface area contributed by atoms with Crippen LogP contribution in [0.4, 0.5) is 4.39 Å². The first-order chi connectivity index (χ1) is 12.1. The molecule has 25 heavy (non-hydrogen) atoms. The molecular formula is C20H22BrFN2O. The molecule has 1 aliphatic heterocycles. The van der Waals surface area contributed by atoms with Crippen molar-refractivity contribution >= 4 is 21.8 Å². The van der Waals surface area contributed by atoms with E-state index in [0.717, 1.165) is 19.5 Å². The molecule has 0 aromatic heterocycles. The van der Waals surface area contributed by atoms with E-state index in [4.69, 9.17) is 0 Å². The highest BCUT2D eigenvalue weighted by molar-refractivity contribution is 9.10. The summed E-state index contributed by atoms with van der Waals surface area (Å²) < 4.78 is 13.7. The van der Waals surface area contributed by atoms with Crippen LogP contribution < -0.4 is 5.32 Å². The lowest BCUT2D eigenvalue weighted by Gasteiger charge is -2.36. The third-order valence-corrected chi connectivity index (χ3v) is 5.31. The Bertz CT molecular complexity index is 723. The van der Waals surface area contributed by atoms with Crippen molar-refractivity contribution in [2.24, 2.45) is 0 Å².